The predicted molar refractivity (Wildman–Crippen MR) is 126 cm³/mol. The lowest BCUT2D eigenvalue weighted by Crippen LogP contribution is -2.18. The Hall–Kier alpha value is -3.96. The highest BCUT2D eigenvalue weighted by Crippen LogP contribution is 2.29. The minimum absolute atomic E-state index is 0.0430. The lowest BCUT2D eigenvalue weighted by atomic mass is 10.1. The molecule has 176 valence electrons. The van der Waals surface area contributed by atoms with Gasteiger partial charge in [0.2, 0.25) is 5.91 Å². The summed E-state index contributed by atoms with van der Waals surface area (Å²) in [5.41, 5.74) is 0.347. The predicted octanol–water partition coefficient (Wildman–Crippen LogP) is 4.27. The van der Waals surface area contributed by atoms with Gasteiger partial charge in [-0.3, -0.25) is 24.4 Å². The van der Waals surface area contributed by atoms with Crippen LogP contribution in [0.25, 0.3) is 0 Å². The van der Waals surface area contributed by atoms with Crippen LogP contribution in [0, 0.1) is 10.1 Å². The minimum atomic E-state index is -4.10. The Morgan fingerprint density at radius 2 is 1.62 bits per heavy atom. The molecule has 0 bridgehead atoms. The van der Waals surface area contributed by atoms with Crippen LogP contribution in [0.15, 0.2) is 71.6 Å². The third-order valence-corrected chi connectivity index (χ3v) is 6.21. The van der Waals surface area contributed by atoms with E-state index < -0.39 is 33.1 Å². The van der Waals surface area contributed by atoms with E-state index in [1.54, 1.807) is 0 Å². The molecule has 3 aromatic rings. The van der Waals surface area contributed by atoms with Gasteiger partial charge in [0.15, 0.2) is 5.78 Å². The summed E-state index contributed by atoms with van der Waals surface area (Å²) in [6.07, 6.45) is -0.547. The molecular formula is C22H18ClN3O7S. The summed E-state index contributed by atoms with van der Waals surface area (Å²) in [7, 11) is -2.79. The van der Waals surface area contributed by atoms with Gasteiger partial charge in [-0.15, -0.1) is 0 Å². The van der Waals surface area contributed by atoms with E-state index in [-0.39, 0.29) is 33.3 Å². The number of hydrogen-bond donors (Lipinski definition) is 2. The number of non-ortho nitro benzene ring substituents is 1. The fourth-order valence-electron chi connectivity index (χ4n) is 2.91. The Bertz CT molecular complexity index is 1340. The van der Waals surface area contributed by atoms with Crippen LogP contribution in [0.3, 0.4) is 0 Å². The first-order valence-electron chi connectivity index (χ1n) is 9.63. The van der Waals surface area contributed by atoms with Gasteiger partial charge in [0, 0.05) is 34.1 Å². The molecule has 0 spiro atoms. The second kappa shape index (κ2) is 10.3. The van der Waals surface area contributed by atoms with Crippen molar-refractivity contribution >= 4 is 50.4 Å². The largest absolute Gasteiger partial charge is 0.495 e. The van der Waals surface area contributed by atoms with Gasteiger partial charge < -0.3 is 10.1 Å². The van der Waals surface area contributed by atoms with Crippen molar-refractivity contribution in [3.8, 4) is 5.75 Å². The van der Waals surface area contributed by atoms with Crippen LogP contribution in [0.2, 0.25) is 5.02 Å². The Morgan fingerprint density at radius 1 is 1.00 bits per heavy atom. The maximum atomic E-state index is 12.9. The highest BCUT2D eigenvalue weighted by Gasteiger charge is 2.21. The Kier molecular flexibility index (Phi) is 7.49. The van der Waals surface area contributed by atoms with E-state index in [2.05, 4.69) is 10.0 Å². The van der Waals surface area contributed by atoms with Crippen LogP contribution in [-0.2, 0) is 14.8 Å². The Balaban J connectivity index is 1.75. The molecule has 0 fully saturated rings. The third-order valence-electron chi connectivity index (χ3n) is 4.55. The second-order valence-corrected chi connectivity index (χ2v) is 9.02. The zero-order valence-electron chi connectivity index (χ0n) is 17.6. The average Bonchev–Trinajstić information content (AvgIpc) is 2.80. The summed E-state index contributed by atoms with van der Waals surface area (Å²) < 4.78 is 33.4. The van der Waals surface area contributed by atoms with Gasteiger partial charge >= 0.3 is 0 Å². The maximum absolute atomic E-state index is 12.9. The van der Waals surface area contributed by atoms with Gasteiger partial charge in [-0.05, 0) is 54.6 Å². The number of carbonyl (C=O) groups is 2. The molecule has 0 aliphatic carbocycles. The zero-order chi connectivity index (χ0) is 24.9. The molecule has 10 nitrogen and oxygen atoms in total. The molecule has 34 heavy (non-hydrogen) atoms. The molecule has 0 heterocycles. The second-order valence-electron chi connectivity index (χ2n) is 6.93. The van der Waals surface area contributed by atoms with Crippen molar-refractivity contribution in [2.75, 3.05) is 17.1 Å². The molecule has 0 atom stereocenters. The van der Waals surface area contributed by atoms with E-state index >= 15 is 0 Å². The van der Waals surface area contributed by atoms with E-state index in [4.69, 9.17) is 16.3 Å². The smallest absolute Gasteiger partial charge is 0.269 e. The number of ether oxygens (including phenoxy) is 1. The van der Waals surface area contributed by atoms with E-state index in [0.717, 1.165) is 0 Å². The van der Waals surface area contributed by atoms with Crippen LogP contribution >= 0.6 is 11.6 Å². The SMILES string of the molecule is COc1ccc(NC(=O)CC(=O)c2ccc([N+](=O)[O-])cc2)cc1S(=O)(=O)Nc1ccc(Cl)cc1. The number of sulfonamides is 1. The fourth-order valence-corrected chi connectivity index (χ4v) is 4.30. The van der Waals surface area contributed by atoms with E-state index in [1.165, 1.54) is 73.8 Å². The molecule has 0 saturated heterocycles. The van der Waals surface area contributed by atoms with E-state index in [1.807, 2.05) is 0 Å². The molecule has 12 heteroatoms. The molecule has 0 aliphatic rings. The van der Waals surface area contributed by atoms with Gasteiger partial charge in [-0.25, -0.2) is 8.42 Å². The quantitative estimate of drug-likeness (QED) is 0.192. The number of halogens is 1. The first kappa shape index (κ1) is 24.7. The van der Waals surface area contributed by atoms with Crippen molar-refractivity contribution in [2.24, 2.45) is 0 Å². The van der Waals surface area contributed by atoms with Gasteiger partial charge in [0.05, 0.1) is 18.5 Å². The zero-order valence-corrected chi connectivity index (χ0v) is 19.2. The molecule has 0 unspecified atom stereocenters. The number of nitrogens with one attached hydrogen (secondary N) is 2. The van der Waals surface area contributed by atoms with Crippen molar-refractivity contribution in [1.82, 2.24) is 0 Å². The standard InChI is InChI=1S/C22H18ClN3O7S/c1-33-20-11-8-17(12-21(20)34(31,32)25-16-6-4-15(23)5-7-16)24-22(28)13-19(27)14-2-9-18(10-3-14)26(29)30/h2-12,25H,13H2,1H3,(H,24,28). The summed E-state index contributed by atoms with van der Waals surface area (Å²) >= 11 is 5.82. The summed E-state index contributed by atoms with van der Waals surface area (Å²) in [5.74, 6) is -1.21. The van der Waals surface area contributed by atoms with Crippen LogP contribution in [0.4, 0.5) is 17.1 Å². The normalized spacial score (nSPS) is 10.9. The number of ketones is 1. The van der Waals surface area contributed by atoms with Crippen molar-refractivity contribution in [3.05, 3.63) is 87.4 Å². The molecule has 3 rings (SSSR count). The topological polar surface area (TPSA) is 145 Å². The van der Waals surface area contributed by atoms with Gasteiger partial charge in [0.25, 0.3) is 15.7 Å². The fraction of sp³-hybridized carbons (Fsp3) is 0.0909. The maximum Gasteiger partial charge on any atom is 0.269 e. The molecule has 0 radical (unpaired) electrons. The number of nitrogens with zero attached hydrogens (tertiary/aromatic N) is 1. The monoisotopic (exact) mass is 503 g/mol. The highest BCUT2D eigenvalue weighted by molar-refractivity contribution is 7.92. The van der Waals surface area contributed by atoms with Gasteiger partial charge in [-0.2, -0.15) is 0 Å². The molecule has 3 aromatic carbocycles. The first-order valence-corrected chi connectivity index (χ1v) is 11.5. The molecule has 0 aliphatic heterocycles. The average molecular weight is 504 g/mol. The lowest BCUT2D eigenvalue weighted by Gasteiger charge is -2.14. The van der Waals surface area contributed by atoms with Crippen molar-refractivity contribution < 1.29 is 27.7 Å². The number of carbonyl (C=O) groups excluding carboxylic acids is 2. The number of nitro groups is 1. The van der Waals surface area contributed by atoms with Crippen molar-refractivity contribution in [3.63, 3.8) is 0 Å². The number of nitro benzene ring substituents is 1. The van der Waals surface area contributed by atoms with Gasteiger partial charge in [-0.1, -0.05) is 11.6 Å². The Morgan fingerprint density at radius 3 is 2.21 bits per heavy atom. The summed E-state index contributed by atoms with van der Waals surface area (Å²) in [5, 5.41) is 13.6. The molecule has 1 amide bonds. The lowest BCUT2D eigenvalue weighted by molar-refractivity contribution is -0.384. The molecular weight excluding hydrogens is 486 g/mol. The van der Waals surface area contributed by atoms with Crippen LogP contribution in [0.1, 0.15) is 16.8 Å². The number of benzene rings is 3. The van der Waals surface area contributed by atoms with Crippen LogP contribution in [-0.4, -0.2) is 32.1 Å². The molecule has 0 aromatic heterocycles. The van der Waals surface area contributed by atoms with Crippen molar-refractivity contribution in [1.29, 1.82) is 0 Å². The summed E-state index contributed by atoms with van der Waals surface area (Å²) in [4.78, 5) is 34.6. The molecule has 2 N–H and O–H groups in total. The van der Waals surface area contributed by atoms with E-state index in [9.17, 15) is 28.1 Å². The number of methoxy groups -OCH3 is 1. The van der Waals surface area contributed by atoms with Crippen LogP contribution < -0.4 is 14.8 Å². The minimum Gasteiger partial charge on any atom is -0.495 e. The number of anilines is 2. The van der Waals surface area contributed by atoms with E-state index in [0.29, 0.717) is 5.02 Å². The summed E-state index contributed by atoms with van der Waals surface area (Å²) in [6.45, 7) is 0. The number of Topliss-reactive ketones (excluding diaryl/α,β-unsaturated/α-hetero) is 1. The number of rotatable bonds is 9. The Labute approximate surface area is 199 Å². The number of amides is 1. The highest BCUT2D eigenvalue weighted by atomic mass is 35.5. The van der Waals surface area contributed by atoms with Gasteiger partial charge in [0.1, 0.15) is 10.6 Å². The summed E-state index contributed by atoms with van der Waals surface area (Å²) in [6, 6.07) is 14.9. The van der Waals surface area contributed by atoms with Crippen LogP contribution in [0.5, 0.6) is 5.75 Å². The number of hydrogen-bond acceptors (Lipinski definition) is 7. The molecule has 0 saturated carbocycles. The third kappa shape index (κ3) is 6.09. The first-order chi connectivity index (χ1) is 16.1. The van der Waals surface area contributed by atoms with Crippen molar-refractivity contribution in [2.45, 2.75) is 11.3 Å².